The monoisotopic (exact) mass is 356 g/mol. The molecule has 138 valence electrons. The molecule has 0 bridgehead atoms. The maximum atomic E-state index is 12.5. The Morgan fingerprint density at radius 1 is 1.35 bits per heavy atom. The molecule has 7 nitrogen and oxygen atoms in total. The summed E-state index contributed by atoms with van der Waals surface area (Å²) >= 11 is 0. The highest BCUT2D eigenvalue weighted by Crippen LogP contribution is 2.23. The van der Waals surface area contributed by atoms with E-state index >= 15 is 0 Å². The smallest absolute Gasteiger partial charge is 0.229 e. The number of hydrogen-bond acceptors (Lipinski definition) is 4. The fourth-order valence-corrected chi connectivity index (χ4v) is 2.98. The predicted molar refractivity (Wildman–Crippen MR) is 97.8 cm³/mol. The molecule has 1 atom stereocenters. The van der Waals surface area contributed by atoms with Crippen molar-refractivity contribution in [1.82, 2.24) is 14.7 Å². The van der Waals surface area contributed by atoms with Gasteiger partial charge in [0.05, 0.1) is 24.9 Å². The van der Waals surface area contributed by atoms with Gasteiger partial charge in [-0.25, -0.2) is 0 Å². The quantitative estimate of drug-likeness (QED) is 0.863. The van der Waals surface area contributed by atoms with Crippen LogP contribution in [-0.2, 0) is 16.1 Å². The first kappa shape index (κ1) is 18.0. The molecule has 0 aliphatic carbocycles. The van der Waals surface area contributed by atoms with Crippen molar-refractivity contribution in [2.75, 3.05) is 19.0 Å². The fraction of sp³-hybridized carbons (Fsp3) is 0.421. The number of benzene rings is 1. The first-order valence-corrected chi connectivity index (χ1v) is 8.72. The Hall–Kier alpha value is -2.83. The van der Waals surface area contributed by atoms with Crippen LogP contribution >= 0.6 is 0 Å². The fourth-order valence-electron chi connectivity index (χ4n) is 2.98. The lowest BCUT2D eigenvalue weighted by atomic mass is 10.1. The number of amides is 2. The third-order valence-electron chi connectivity index (χ3n) is 4.52. The van der Waals surface area contributed by atoms with Gasteiger partial charge in [0, 0.05) is 31.7 Å². The number of methoxy groups -OCH3 is 1. The van der Waals surface area contributed by atoms with Crippen LogP contribution in [0.4, 0.5) is 5.69 Å². The first-order chi connectivity index (χ1) is 12.5. The van der Waals surface area contributed by atoms with Gasteiger partial charge in [0.1, 0.15) is 5.75 Å². The van der Waals surface area contributed by atoms with E-state index in [4.69, 9.17) is 4.74 Å². The molecule has 0 radical (unpaired) electrons. The summed E-state index contributed by atoms with van der Waals surface area (Å²) in [5.41, 5.74) is 1.67. The standard InChI is InChI=1S/C19H24N4O3/c1-13(2)23-12-16(9-20-23)21-19(25)15-8-18(24)22(11-15)10-14-4-6-17(26-3)7-5-14/h4-7,9,12-13,15H,8,10-11H2,1-3H3,(H,21,25). The van der Waals surface area contributed by atoms with Gasteiger partial charge in [-0.3, -0.25) is 14.3 Å². The minimum Gasteiger partial charge on any atom is -0.497 e. The zero-order valence-corrected chi connectivity index (χ0v) is 15.3. The van der Waals surface area contributed by atoms with Crippen LogP contribution in [0.5, 0.6) is 5.75 Å². The van der Waals surface area contributed by atoms with Crippen molar-refractivity contribution in [3.8, 4) is 5.75 Å². The highest BCUT2D eigenvalue weighted by atomic mass is 16.5. The lowest BCUT2D eigenvalue weighted by Gasteiger charge is -2.16. The zero-order valence-electron chi connectivity index (χ0n) is 15.3. The van der Waals surface area contributed by atoms with Gasteiger partial charge in [-0.2, -0.15) is 5.10 Å². The first-order valence-electron chi connectivity index (χ1n) is 8.72. The van der Waals surface area contributed by atoms with Crippen molar-refractivity contribution in [2.24, 2.45) is 5.92 Å². The average Bonchev–Trinajstić information content (AvgIpc) is 3.23. The summed E-state index contributed by atoms with van der Waals surface area (Å²) in [7, 11) is 1.62. The van der Waals surface area contributed by atoms with Crippen molar-refractivity contribution in [3.63, 3.8) is 0 Å². The number of likely N-dealkylation sites (tertiary alicyclic amines) is 1. The summed E-state index contributed by atoms with van der Waals surface area (Å²) in [5, 5.41) is 7.07. The number of nitrogens with one attached hydrogen (secondary N) is 1. The molecule has 1 saturated heterocycles. The van der Waals surface area contributed by atoms with Gasteiger partial charge in [-0.05, 0) is 31.5 Å². The summed E-state index contributed by atoms with van der Waals surface area (Å²) in [6.07, 6.45) is 3.67. The number of nitrogens with zero attached hydrogens (tertiary/aromatic N) is 3. The molecule has 2 aromatic rings. The van der Waals surface area contributed by atoms with E-state index in [0.717, 1.165) is 11.3 Å². The minimum atomic E-state index is -0.344. The Morgan fingerprint density at radius 2 is 2.08 bits per heavy atom. The van der Waals surface area contributed by atoms with E-state index in [1.54, 1.807) is 29.1 Å². The Labute approximate surface area is 152 Å². The van der Waals surface area contributed by atoms with E-state index in [-0.39, 0.29) is 30.2 Å². The second kappa shape index (κ2) is 7.59. The normalized spacial score (nSPS) is 17.0. The largest absolute Gasteiger partial charge is 0.497 e. The summed E-state index contributed by atoms with van der Waals surface area (Å²) in [6.45, 7) is 4.96. The van der Waals surface area contributed by atoms with Gasteiger partial charge in [-0.15, -0.1) is 0 Å². The van der Waals surface area contributed by atoms with Crippen LogP contribution in [-0.4, -0.2) is 40.1 Å². The van der Waals surface area contributed by atoms with Crippen molar-refractivity contribution in [1.29, 1.82) is 0 Å². The molecule has 1 fully saturated rings. The topological polar surface area (TPSA) is 76.5 Å². The SMILES string of the molecule is COc1ccc(CN2CC(C(=O)Nc3cnn(C(C)C)c3)CC2=O)cc1. The number of rotatable bonds is 6. The number of ether oxygens (including phenoxy) is 1. The molecule has 1 aliphatic heterocycles. The summed E-state index contributed by atoms with van der Waals surface area (Å²) in [5.74, 6) is 0.293. The molecule has 1 N–H and O–H groups in total. The van der Waals surface area contributed by atoms with Gasteiger partial charge in [0.25, 0.3) is 0 Å². The molecule has 7 heteroatoms. The minimum absolute atomic E-state index is 0.00107. The molecule has 1 unspecified atom stereocenters. The highest BCUT2D eigenvalue weighted by molar-refractivity contribution is 5.97. The Balaban J connectivity index is 1.58. The molecule has 0 spiro atoms. The Morgan fingerprint density at radius 3 is 2.69 bits per heavy atom. The predicted octanol–water partition coefficient (Wildman–Crippen LogP) is 2.46. The molecular weight excluding hydrogens is 332 g/mol. The van der Waals surface area contributed by atoms with Crippen LogP contribution in [0.1, 0.15) is 31.9 Å². The van der Waals surface area contributed by atoms with E-state index in [9.17, 15) is 9.59 Å². The van der Waals surface area contributed by atoms with Crippen LogP contribution in [0.3, 0.4) is 0 Å². The van der Waals surface area contributed by atoms with E-state index in [0.29, 0.717) is 18.8 Å². The molecule has 26 heavy (non-hydrogen) atoms. The number of hydrogen-bond donors (Lipinski definition) is 1. The van der Waals surface area contributed by atoms with Crippen molar-refractivity contribution in [3.05, 3.63) is 42.2 Å². The van der Waals surface area contributed by atoms with Crippen molar-refractivity contribution < 1.29 is 14.3 Å². The van der Waals surface area contributed by atoms with Gasteiger partial charge in [-0.1, -0.05) is 12.1 Å². The number of anilines is 1. The van der Waals surface area contributed by atoms with Crippen LogP contribution < -0.4 is 10.1 Å². The number of aromatic nitrogens is 2. The summed E-state index contributed by atoms with van der Waals surface area (Å²) < 4.78 is 6.92. The lowest BCUT2D eigenvalue weighted by molar-refractivity contribution is -0.128. The summed E-state index contributed by atoms with van der Waals surface area (Å²) in [6, 6.07) is 7.83. The third-order valence-corrected chi connectivity index (χ3v) is 4.52. The van der Waals surface area contributed by atoms with Crippen LogP contribution in [0.2, 0.25) is 0 Å². The molecule has 2 heterocycles. The van der Waals surface area contributed by atoms with Crippen molar-refractivity contribution >= 4 is 17.5 Å². The van der Waals surface area contributed by atoms with Gasteiger partial charge in [0.2, 0.25) is 11.8 Å². The number of carbonyl (C=O) groups excluding carboxylic acids is 2. The zero-order chi connectivity index (χ0) is 18.7. The molecule has 1 aliphatic rings. The number of carbonyl (C=O) groups is 2. The average molecular weight is 356 g/mol. The Bertz CT molecular complexity index is 782. The lowest BCUT2D eigenvalue weighted by Crippen LogP contribution is -2.28. The highest BCUT2D eigenvalue weighted by Gasteiger charge is 2.34. The van der Waals surface area contributed by atoms with Gasteiger partial charge >= 0.3 is 0 Å². The maximum Gasteiger partial charge on any atom is 0.229 e. The van der Waals surface area contributed by atoms with Crippen LogP contribution in [0, 0.1) is 5.92 Å². The second-order valence-electron chi connectivity index (χ2n) is 6.82. The van der Waals surface area contributed by atoms with E-state index < -0.39 is 0 Å². The molecule has 2 amide bonds. The maximum absolute atomic E-state index is 12.5. The molecule has 1 aromatic heterocycles. The van der Waals surface area contributed by atoms with Gasteiger partial charge in [0.15, 0.2) is 0 Å². The molecule has 0 saturated carbocycles. The van der Waals surface area contributed by atoms with Crippen LogP contribution in [0.15, 0.2) is 36.7 Å². The van der Waals surface area contributed by atoms with Crippen LogP contribution in [0.25, 0.3) is 0 Å². The van der Waals surface area contributed by atoms with Gasteiger partial charge < -0.3 is 15.0 Å². The molecular formula is C19H24N4O3. The third kappa shape index (κ3) is 4.04. The van der Waals surface area contributed by atoms with E-state index in [1.165, 1.54) is 0 Å². The van der Waals surface area contributed by atoms with Crippen molar-refractivity contribution in [2.45, 2.75) is 32.9 Å². The second-order valence-corrected chi connectivity index (χ2v) is 6.82. The molecule has 3 rings (SSSR count). The summed E-state index contributed by atoms with van der Waals surface area (Å²) in [4.78, 5) is 26.5. The molecule has 1 aromatic carbocycles. The van der Waals surface area contributed by atoms with E-state index in [2.05, 4.69) is 10.4 Å². The van der Waals surface area contributed by atoms with E-state index in [1.807, 2.05) is 38.1 Å². The Kier molecular flexibility index (Phi) is 5.25.